The molecular formula is C8H22N3O2+. The molecule has 0 bridgehead atoms. The molecule has 0 aromatic heterocycles. The van der Waals surface area contributed by atoms with E-state index in [1.54, 1.807) is 21.0 Å². The standard InChI is InChI=1S/C8H22N3O2/c1-7(2,3)13-11(9,10)8(4,5)12-6/h9-10H2,1-6H3/q+1. The van der Waals surface area contributed by atoms with Crippen molar-refractivity contribution in [2.45, 2.75) is 45.9 Å². The molecule has 5 nitrogen and oxygen atoms in total. The Morgan fingerprint density at radius 2 is 1.38 bits per heavy atom. The van der Waals surface area contributed by atoms with Crippen LogP contribution >= 0.6 is 0 Å². The number of quaternary nitrogens is 1. The second kappa shape index (κ2) is 3.51. The summed E-state index contributed by atoms with van der Waals surface area (Å²) in [6, 6.07) is 0. The summed E-state index contributed by atoms with van der Waals surface area (Å²) in [5.74, 6) is 11.5. The SMILES string of the molecule is COC(C)(C)[N+](N)(N)OC(C)(C)C. The summed E-state index contributed by atoms with van der Waals surface area (Å²) in [5, 5.41) is 0. The quantitative estimate of drug-likeness (QED) is 0.298. The topological polar surface area (TPSA) is 70.5 Å². The van der Waals surface area contributed by atoms with E-state index in [1.807, 2.05) is 20.8 Å². The summed E-state index contributed by atoms with van der Waals surface area (Å²) in [4.78, 5) is 4.83. The van der Waals surface area contributed by atoms with Crippen molar-refractivity contribution in [2.24, 2.45) is 11.7 Å². The number of nitrogens with zero attached hydrogens (tertiary/aromatic N) is 1. The number of nitrogens with two attached hydrogens (primary N) is 2. The summed E-state index contributed by atoms with van der Waals surface area (Å²) in [7, 11) is 1.54. The number of methoxy groups -OCH3 is 1. The van der Waals surface area contributed by atoms with Crippen LogP contribution in [-0.4, -0.2) is 23.3 Å². The smallest absolute Gasteiger partial charge is 0.264 e. The third kappa shape index (κ3) is 3.58. The molecule has 0 rings (SSSR count). The van der Waals surface area contributed by atoms with Gasteiger partial charge in [-0.25, -0.2) is 0 Å². The molecule has 0 amide bonds. The van der Waals surface area contributed by atoms with Crippen molar-refractivity contribution >= 4 is 0 Å². The van der Waals surface area contributed by atoms with E-state index in [4.69, 9.17) is 21.3 Å². The van der Waals surface area contributed by atoms with Gasteiger partial charge in [-0.15, -0.1) is 11.7 Å². The van der Waals surface area contributed by atoms with E-state index < -0.39 is 16.2 Å². The summed E-state index contributed by atoms with van der Waals surface area (Å²) in [5.41, 5.74) is -1.20. The van der Waals surface area contributed by atoms with Crippen molar-refractivity contribution < 1.29 is 14.4 Å². The fourth-order valence-electron chi connectivity index (χ4n) is 0.706. The first-order valence-corrected chi connectivity index (χ1v) is 4.24. The Balaban J connectivity index is 4.58. The Hall–Kier alpha value is -0.200. The highest BCUT2D eigenvalue weighted by Gasteiger charge is 2.45. The van der Waals surface area contributed by atoms with Gasteiger partial charge in [-0.2, -0.15) is 4.84 Å². The van der Waals surface area contributed by atoms with Crippen LogP contribution in [0, 0.1) is 0 Å². The van der Waals surface area contributed by atoms with E-state index in [-0.39, 0.29) is 0 Å². The summed E-state index contributed by atoms with van der Waals surface area (Å²) < 4.78 is 5.15. The minimum absolute atomic E-state index is 0.417. The van der Waals surface area contributed by atoms with Crippen LogP contribution in [0.5, 0.6) is 0 Å². The molecule has 0 aromatic rings. The maximum Gasteiger partial charge on any atom is 0.264 e. The van der Waals surface area contributed by atoms with Crippen LogP contribution in [0.25, 0.3) is 0 Å². The molecule has 13 heavy (non-hydrogen) atoms. The van der Waals surface area contributed by atoms with E-state index in [0.717, 1.165) is 0 Å². The van der Waals surface area contributed by atoms with Crippen LogP contribution < -0.4 is 11.7 Å². The molecule has 0 saturated carbocycles. The number of ether oxygens (including phenoxy) is 1. The van der Waals surface area contributed by atoms with Crippen molar-refractivity contribution in [3.8, 4) is 0 Å². The average molecular weight is 192 g/mol. The second-order valence-corrected chi connectivity index (χ2v) is 4.56. The highest BCUT2D eigenvalue weighted by molar-refractivity contribution is 4.56. The fourth-order valence-corrected chi connectivity index (χ4v) is 0.706. The highest BCUT2D eigenvalue weighted by atomic mass is 16.8. The molecule has 0 spiro atoms. The van der Waals surface area contributed by atoms with E-state index >= 15 is 0 Å². The molecular weight excluding hydrogens is 170 g/mol. The number of hydrogen-bond donors (Lipinski definition) is 2. The molecule has 0 aliphatic rings. The van der Waals surface area contributed by atoms with Gasteiger partial charge in [0.1, 0.15) is 5.60 Å². The maximum absolute atomic E-state index is 5.76. The van der Waals surface area contributed by atoms with Gasteiger partial charge in [0.05, 0.1) is 0 Å². The molecule has 0 aromatic carbocycles. The molecule has 0 heterocycles. The first kappa shape index (κ1) is 12.8. The van der Waals surface area contributed by atoms with Crippen LogP contribution in [0.15, 0.2) is 0 Å². The van der Waals surface area contributed by atoms with E-state index in [1.165, 1.54) is 0 Å². The molecule has 4 N–H and O–H groups in total. The normalized spacial score (nSPS) is 14.8. The lowest BCUT2D eigenvalue weighted by molar-refractivity contribution is -1.18. The predicted octanol–water partition coefficient (Wildman–Crippen LogP) is 0.663. The highest BCUT2D eigenvalue weighted by Crippen LogP contribution is 2.21. The minimum Gasteiger partial charge on any atom is -0.325 e. The Kier molecular flexibility index (Phi) is 3.46. The largest absolute Gasteiger partial charge is 0.325 e. The van der Waals surface area contributed by atoms with Crippen molar-refractivity contribution in [2.75, 3.05) is 7.11 Å². The van der Waals surface area contributed by atoms with Crippen LogP contribution in [0.4, 0.5) is 0 Å². The third-order valence-electron chi connectivity index (χ3n) is 1.77. The van der Waals surface area contributed by atoms with Gasteiger partial charge in [-0.1, -0.05) is 0 Å². The molecule has 0 aliphatic heterocycles. The zero-order valence-corrected chi connectivity index (χ0v) is 9.42. The molecule has 0 unspecified atom stereocenters. The first-order chi connectivity index (χ1) is 5.52. The Bertz CT molecular complexity index is 173. The van der Waals surface area contributed by atoms with Crippen LogP contribution in [0.2, 0.25) is 0 Å². The van der Waals surface area contributed by atoms with Crippen molar-refractivity contribution in [1.82, 2.24) is 0 Å². The van der Waals surface area contributed by atoms with Gasteiger partial charge in [0.15, 0.2) is 0 Å². The van der Waals surface area contributed by atoms with Crippen molar-refractivity contribution in [3.63, 3.8) is 0 Å². The van der Waals surface area contributed by atoms with E-state index in [0.29, 0.717) is 0 Å². The van der Waals surface area contributed by atoms with E-state index in [9.17, 15) is 0 Å². The van der Waals surface area contributed by atoms with Crippen molar-refractivity contribution in [1.29, 1.82) is 0 Å². The lowest BCUT2D eigenvalue weighted by Crippen LogP contribution is -2.73. The third-order valence-corrected chi connectivity index (χ3v) is 1.77. The van der Waals surface area contributed by atoms with Crippen molar-refractivity contribution in [3.05, 3.63) is 0 Å². The maximum atomic E-state index is 5.76. The Morgan fingerprint density at radius 1 is 1.00 bits per heavy atom. The lowest BCUT2D eigenvalue weighted by atomic mass is 10.2. The first-order valence-electron chi connectivity index (χ1n) is 4.24. The monoisotopic (exact) mass is 192 g/mol. The second-order valence-electron chi connectivity index (χ2n) is 4.56. The van der Waals surface area contributed by atoms with Gasteiger partial charge in [0.25, 0.3) is 5.72 Å². The molecule has 0 atom stereocenters. The van der Waals surface area contributed by atoms with Crippen LogP contribution in [0.1, 0.15) is 34.6 Å². The van der Waals surface area contributed by atoms with Gasteiger partial charge < -0.3 is 4.74 Å². The van der Waals surface area contributed by atoms with Crippen LogP contribution in [-0.2, 0) is 9.57 Å². The molecule has 0 fully saturated rings. The summed E-state index contributed by atoms with van der Waals surface area (Å²) in [6.07, 6.45) is 0. The Morgan fingerprint density at radius 3 is 1.62 bits per heavy atom. The van der Waals surface area contributed by atoms with Gasteiger partial charge in [-0.3, -0.25) is 0 Å². The summed E-state index contributed by atoms with van der Waals surface area (Å²) in [6.45, 7) is 9.17. The van der Waals surface area contributed by atoms with Gasteiger partial charge in [0, 0.05) is 21.0 Å². The van der Waals surface area contributed by atoms with Gasteiger partial charge >= 0.3 is 0 Å². The number of hydroxylamine groups is 1. The zero-order chi connectivity index (χ0) is 10.9. The molecule has 5 heteroatoms. The molecule has 80 valence electrons. The average Bonchev–Trinajstić information content (AvgIpc) is 1.81. The number of rotatable bonds is 3. The molecule has 0 radical (unpaired) electrons. The van der Waals surface area contributed by atoms with Crippen LogP contribution in [0.3, 0.4) is 0 Å². The lowest BCUT2D eigenvalue weighted by Gasteiger charge is -2.39. The van der Waals surface area contributed by atoms with E-state index in [2.05, 4.69) is 0 Å². The molecule has 0 aliphatic carbocycles. The van der Waals surface area contributed by atoms with Gasteiger partial charge in [0.2, 0.25) is 0 Å². The summed E-state index contributed by atoms with van der Waals surface area (Å²) >= 11 is 0. The predicted molar refractivity (Wildman–Crippen MR) is 50.6 cm³/mol. The molecule has 0 saturated heterocycles. The Labute approximate surface area is 80.1 Å². The number of hydrogen-bond acceptors (Lipinski definition) is 4. The van der Waals surface area contributed by atoms with Gasteiger partial charge in [-0.05, 0) is 25.6 Å². The fraction of sp³-hybridized carbons (Fsp3) is 1.00. The minimum atomic E-state index is -0.784. The zero-order valence-electron chi connectivity index (χ0n) is 9.42.